The summed E-state index contributed by atoms with van der Waals surface area (Å²) in [5.41, 5.74) is 0.259. The summed E-state index contributed by atoms with van der Waals surface area (Å²) in [7, 11) is 1.51. The van der Waals surface area contributed by atoms with Gasteiger partial charge >= 0.3 is 0 Å². The highest BCUT2D eigenvalue weighted by Crippen LogP contribution is 2.37. The molecule has 3 heterocycles. The number of aromatic nitrogens is 1. The van der Waals surface area contributed by atoms with Gasteiger partial charge in [-0.3, -0.25) is 14.4 Å². The molecule has 7 nitrogen and oxygen atoms in total. The summed E-state index contributed by atoms with van der Waals surface area (Å²) in [5, 5.41) is 9.02. The lowest BCUT2D eigenvalue weighted by atomic mass is 10.2. The molecule has 1 atom stereocenters. The van der Waals surface area contributed by atoms with Crippen LogP contribution in [-0.2, 0) is 4.79 Å². The van der Waals surface area contributed by atoms with Gasteiger partial charge in [-0.1, -0.05) is 17.7 Å². The van der Waals surface area contributed by atoms with E-state index in [1.165, 1.54) is 29.7 Å². The molecule has 3 amide bonds. The van der Waals surface area contributed by atoms with Gasteiger partial charge in [0.1, 0.15) is 10.7 Å². The molecule has 0 saturated carbocycles. The number of rotatable bonds is 5. The minimum atomic E-state index is -0.404. The van der Waals surface area contributed by atoms with Crippen molar-refractivity contribution in [2.75, 3.05) is 20.1 Å². The number of nitrogens with zero attached hydrogens (tertiary/aromatic N) is 2. The van der Waals surface area contributed by atoms with Gasteiger partial charge in [-0.25, -0.2) is 4.98 Å². The number of likely N-dealkylation sites (N-methyl/N-ethyl adjacent to an activating group) is 1. The van der Waals surface area contributed by atoms with Gasteiger partial charge in [0.15, 0.2) is 0 Å². The first-order valence-electron chi connectivity index (χ1n) is 9.40. The molecule has 1 unspecified atom stereocenters. The SMILES string of the molecule is CNC(=O)CNC(=O)c1csc(C2CCCN2C(=O)c2cc3ccc(Cl)cc3s2)n1. The number of nitrogens with one attached hydrogen (secondary N) is 2. The number of likely N-dealkylation sites (tertiary alicyclic amines) is 1. The highest BCUT2D eigenvalue weighted by molar-refractivity contribution is 7.20. The molecule has 30 heavy (non-hydrogen) atoms. The first-order valence-corrected chi connectivity index (χ1v) is 11.5. The van der Waals surface area contributed by atoms with E-state index in [9.17, 15) is 14.4 Å². The Balaban J connectivity index is 1.50. The van der Waals surface area contributed by atoms with Gasteiger partial charge in [0.05, 0.1) is 17.5 Å². The van der Waals surface area contributed by atoms with Crippen molar-refractivity contribution >= 4 is 62.1 Å². The van der Waals surface area contributed by atoms with Crippen LogP contribution in [0.4, 0.5) is 0 Å². The largest absolute Gasteiger partial charge is 0.358 e. The maximum Gasteiger partial charge on any atom is 0.271 e. The van der Waals surface area contributed by atoms with Crippen LogP contribution in [0.3, 0.4) is 0 Å². The van der Waals surface area contributed by atoms with Crippen molar-refractivity contribution in [3.8, 4) is 0 Å². The first-order chi connectivity index (χ1) is 14.5. The number of hydrogen-bond donors (Lipinski definition) is 2. The van der Waals surface area contributed by atoms with Gasteiger partial charge in [-0.15, -0.1) is 22.7 Å². The minimum Gasteiger partial charge on any atom is -0.358 e. The summed E-state index contributed by atoms with van der Waals surface area (Å²) in [6.07, 6.45) is 1.68. The number of thiazole rings is 1. The number of fused-ring (bicyclic) bond motifs is 1. The van der Waals surface area contributed by atoms with Crippen molar-refractivity contribution in [1.29, 1.82) is 0 Å². The van der Waals surface area contributed by atoms with Gasteiger partial charge in [-0.05, 0) is 36.4 Å². The van der Waals surface area contributed by atoms with Crippen molar-refractivity contribution in [3.63, 3.8) is 0 Å². The van der Waals surface area contributed by atoms with Crippen LogP contribution in [0.2, 0.25) is 5.02 Å². The number of halogens is 1. The molecule has 1 aliphatic heterocycles. The van der Waals surface area contributed by atoms with Gasteiger partial charge in [0.2, 0.25) is 5.91 Å². The van der Waals surface area contributed by atoms with Gasteiger partial charge in [-0.2, -0.15) is 0 Å². The molecule has 3 aromatic rings. The zero-order valence-electron chi connectivity index (χ0n) is 16.1. The van der Waals surface area contributed by atoms with Crippen LogP contribution in [0, 0.1) is 0 Å². The molecular formula is C20H19ClN4O3S2. The molecule has 4 rings (SSSR count). The molecule has 10 heteroatoms. The van der Waals surface area contributed by atoms with E-state index in [1.807, 2.05) is 29.2 Å². The number of carbonyl (C=O) groups is 3. The molecule has 1 aromatic carbocycles. The Morgan fingerprint density at radius 1 is 1.30 bits per heavy atom. The van der Waals surface area contributed by atoms with Crippen molar-refractivity contribution in [1.82, 2.24) is 20.5 Å². The fraction of sp³-hybridized carbons (Fsp3) is 0.300. The molecular weight excluding hydrogens is 444 g/mol. The van der Waals surface area contributed by atoms with Crippen LogP contribution in [0.1, 0.15) is 44.1 Å². The van der Waals surface area contributed by atoms with E-state index < -0.39 is 5.91 Å². The van der Waals surface area contributed by atoms with E-state index in [0.717, 1.165) is 27.9 Å². The molecule has 1 aliphatic rings. The zero-order chi connectivity index (χ0) is 21.3. The summed E-state index contributed by atoms with van der Waals surface area (Å²) in [4.78, 5) is 43.7. The second-order valence-corrected chi connectivity index (χ2v) is 9.29. The van der Waals surface area contributed by atoms with Crippen LogP contribution in [0.15, 0.2) is 29.6 Å². The fourth-order valence-electron chi connectivity index (χ4n) is 3.40. The Bertz CT molecular complexity index is 1130. The molecule has 0 bridgehead atoms. The lowest BCUT2D eigenvalue weighted by Crippen LogP contribution is -2.35. The normalized spacial score (nSPS) is 16.1. The molecule has 0 aliphatic carbocycles. The van der Waals surface area contributed by atoms with E-state index in [1.54, 1.807) is 5.38 Å². The van der Waals surface area contributed by atoms with Gasteiger partial charge in [0, 0.05) is 28.7 Å². The molecule has 2 aromatic heterocycles. The summed E-state index contributed by atoms with van der Waals surface area (Å²) in [5.74, 6) is -0.718. The monoisotopic (exact) mass is 462 g/mol. The Morgan fingerprint density at radius 2 is 2.13 bits per heavy atom. The second kappa shape index (κ2) is 8.71. The number of carbonyl (C=O) groups excluding carboxylic acids is 3. The van der Waals surface area contributed by atoms with E-state index in [2.05, 4.69) is 15.6 Å². The highest BCUT2D eigenvalue weighted by atomic mass is 35.5. The quantitative estimate of drug-likeness (QED) is 0.607. The summed E-state index contributed by atoms with van der Waals surface area (Å²) in [6.45, 7) is 0.544. The Hall–Kier alpha value is -2.49. The zero-order valence-corrected chi connectivity index (χ0v) is 18.5. The topological polar surface area (TPSA) is 91.4 Å². The summed E-state index contributed by atoms with van der Waals surface area (Å²) in [6, 6.07) is 7.33. The standard InChI is InChI=1S/C20H19ClN4O3S2/c1-22-17(26)9-23-18(27)13-10-29-19(24-13)14-3-2-6-25(14)20(28)16-7-11-4-5-12(21)8-15(11)30-16/h4-5,7-8,10,14H,2-3,6,9H2,1H3,(H,22,26)(H,23,27). The first kappa shape index (κ1) is 20.8. The van der Waals surface area contributed by atoms with E-state index in [4.69, 9.17) is 11.6 Å². The molecule has 2 N–H and O–H groups in total. The number of amides is 3. The van der Waals surface area contributed by atoms with Crippen LogP contribution in [0.5, 0.6) is 0 Å². The predicted molar refractivity (Wildman–Crippen MR) is 118 cm³/mol. The third-order valence-corrected chi connectivity index (χ3v) is 7.20. The molecule has 156 valence electrons. The molecule has 0 radical (unpaired) electrons. The van der Waals surface area contributed by atoms with E-state index >= 15 is 0 Å². The maximum absolute atomic E-state index is 13.2. The summed E-state index contributed by atoms with van der Waals surface area (Å²) >= 11 is 8.85. The third kappa shape index (κ3) is 4.19. The van der Waals surface area contributed by atoms with Crippen LogP contribution >= 0.6 is 34.3 Å². The van der Waals surface area contributed by atoms with Crippen molar-refractivity contribution in [2.45, 2.75) is 18.9 Å². The Morgan fingerprint density at radius 3 is 2.93 bits per heavy atom. The number of thiophene rings is 1. The molecule has 1 saturated heterocycles. The Labute approximate surface area is 186 Å². The van der Waals surface area contributed by atoms with Gasteiger partial charge < -0.3 is 15.5 Å². The second-order valence-electron chi connectivity index (χ2n) is 6.88. The van der Waals surface area contributed by atoms with Crippen molar-refractivity contribution in [2.24, 2.45) is 0 Å². The van der Waals surface area contributed by atoms with Crippen molar-refractivity contribution < 1.29 is 14.4 Å². The predicted octanol–water partition coefficient (Wildman–Crippen LogP) is 3.46. The Kier molecular flexibility index (Phi) is 6.03. The van der Waals surface area contributed by atoms with Crippen LogP contribution in [-0.4, -0.2) is 47.7 Å². The molecule has 0 spiro atoms. The van der Waals surface area contributed by atoms with Crippen molar-refractivity contribution in [3.05, 3.63) is 50.2 Å². The number of benzene rings is 1. The van der Waals surface area contributed by atoms with Crippen LogP contribution in [0.25, 0.3) is 10.1 Å². The lowest BCUT2D eigenvalue weighted by Gasteiger charge is -2.22. The van der Waals surface area contributed by atoms with E-state index in [0.29, 0.717) is 16.4 Å². The average Bonchev–Trinajstić information content (AvgIpc) is 3.49. The average molecular weight is 463 g/mol. The minimum absolute atomic E-state index is 0.0318. The lowest BCUT2D eigenvalue weighted by molar-refractivity contribution is -0.119. The smallest absolute Gasteiger partial charge is 0.271 e. The fourth-order valence-corrected chi connectivity index (χ4v) is 5.64. The van der Waals surface area contributed by atoms with Gasteiger partial charge in [0.25, 0.3) is 11.8 Å². The number of hydrogen-bond acceptors (Lipinski definition) is 6. The highest BCUT2D eigenvalue weighted by Gasteiger charge is 2.33. The van der Waals surface area contributed by atoms with E-state index in [-0.39, 0.29) is 30.1 Å². The van der Waals surface area contributed by atoms with Crippen LogP contribution < -0.4 is 10.6 Å². The maximum atomic E-state index is 13.2. The summed E-state index contributed by atoms with van der Waals surface area (Å²) < 4.78 is 0.978. The molecule has 1 fully saturated rings. The third-order valence-electron chi connectivity index (χ3n) is 4.93.